The molecule has 0 aliphatic heterocycles. The monoisotopic (exact) mass is 323 g/mol. The molecule has 2 rings (SSSR count). The van der Waals surface area contributed by atoms with Crippen molar-refractivity contribution in [1.29, 1.82) is 0 Å². The zero-order valence-corrected chi connectivity index (χ0v) is 13.0. The van der Waals surface area contributed by atoms with E-state index in [1.54, 1.807) is 36.7 Å². The number of nitrogen functional groups attached to an aromatic ring is 1. The van der Waals surface area contributed by atoms with Crippen LogP contribution in [0, 0.1) is 0 Å². The number of hydrogen-bond donors (Lipinski definition) is 2. The third-order valence-electron chi connectivity index (χ3n) is 2.75. The van der Waals surface area contributed by atoms with Crippen LogP contribution in [0.3, 0.4) is 0 Å². The molecule has 1 aromatic heterocycles. The third kappa shape index (κ3) is 5.74. The Bertz CT molecular complexity index is 658. The van der Waals surface area contributed by atoms with Crippen molar-refractivity contribution in [2.45, 2.75) is 11.4 Å². The predicted octanol–water partition coefficient (Wildman–Crippen LogP) is 1.88. The SMILES string of the molecule is Nc1ccc(SCCS(=O)(=O)NCc2ccncc2)cc1. The zero-order valence-electron chi connectivity index (χ0n) is 11.4. The van der Waals surface area contributed by atoms with Crippen LogP contribution >= 0.6 is 11.8 Å². The number of aromatic nitrogens is 1. The minimum atomic E-state index is -3.27. The van der Waals surface area contributed by atoms with Crippen molar-refractivity contribution < 1.29 is 8.42 Å². The van der Waals surface area contributed by atoms with Gasteiger partial charge in [-0.25, -0.2) is 13.1 Å². The number of anilines is 1. The molecule has 3 N–H and O–H groups in total. The first-order valence-electron chi connectivity index (χ1n) is 6.40. The molecule has 0 amide bonds. The van der Waals surface area contributed by atoms with Crippen LogP contribution in [-0.2, 0) is 16.6 Å². The fourth-order valence-electron chi connectivity index (χ4n) is 1.60. The van der Waals surface area contributed by atoms with E-state index in [0.29, 0.717) is 11.4 Å². The molecule has 0 radical (unpaired) electrons. The van der Waals surface area contributed by atoms with Crippen molar-refractivity contribution in [1.82, 2.24) is 9.71 Å². The lowest BCUT2D eigenvalue weighted by atomic mass is 10.3. The topological polar surface area (TPSA) is 85.1 Å². The Hall–Kier alpha value is -1.57. The number of rotatable bonds is 7. The number of thioether (sulfide) groups is 1. The summed E-state index contributed by atoms with van der Waals surface area (Å²) in [6.45, 7) is 0.289. The summed E-state index contributed by atoms with van der Waals surface area (Å²) in [6.07, 6.45) is 3.28. The van der Waals surface area contributed by atoms with Crippen molar-refractivity contribution in [3.63, 3.8) is 0 Å². The number of nitrogens with zero attached hydrogens (tertiary/aromatic N) is 1. The number of hydrogen-bond acceptors (Lipinski definition) is 5. The molecule has 0 unspecified atom stereocenters. The summed E-state index contributed by atoms with van der Waals surface area (Å²) >= 11 is 1.49. The lowest BCUT2D eigenvalue weighted by molar-refractivity contribution is 0.583. The average Bonchev–Trinajstić information content (AvgIpc) is 2.48. The summed E-state index contributed by atoms with van der Waals surface area (Å²) in [7, 11) is -3.27. The molecule has 0 bridgehead atoms. The molecule has 0 fully saturated rings. The first-order chi connectivity index (χ1) is 10.1. The number of nitrogens with two attached hydrogens (primary N) is 1. The van der Waals surface area contributed by atoms with Gasteiger partial charge in [0, 0.05) is 35.3 Å². The van der Waals surface area contributed by atoms with Crippen molar-refractivity contribution in [2.24, 2.45) is 0 Å². The molecule has 7 heteroatoms. The summed E-state index contributed by atoms with van der Waals surface area (Å²) in [4.78, 5) is 4.90. The van der Waals surface area contributed by atoms with E-state index in [4.69, 9.17) is 5.73 Å². The van der Waals surface area contributed by atoms with Gasteiger partial charge in [-0.15, -0.1) is 11.8 Å². The van der Waals surface area contributed by atoms with E-state index in [1.807, 2.05) is 12.1 Å². The number of nitrogens with one attached hydrogen (secondary N) is 1. The highest BCUT2D eigenvalue weighted by Gasteiger charge is 2.10. The second-order valence-electron chi connectivity index (χ2n) is 4.41. The number of sulfonamides is 1. The van der Waals surface area contributed by atoms with E-state index in [-0.39, 0.29) is 12.3 Å². The highest BCUT2D eigenvalue weighted by Crippen LogP contribution is 2.19. The van der Waals surface area contributed by atoms with Crippen LogP contribution in [0.15, 0.2) is 53.7 Å². The van der Waals surface area contributed by atoms with E-state index in [9.17, 15) is 8.42 Å². The average molecular weight is 323 g/mol. The van der Waals surface area contributed by atoms with Crippen LogP contribution in [0.25, 0.3) is 0 Å². The molecule has 1 heterocycles. The Morgan fingerprint density at radius 1 is 1.10 bits per heavy atom. The second kappa shape index (κ2) is 7.44. The molecule has 2 aromatic rings. The van der Waals surface area contributed by atoms with Crippen molar-refractivity contribution in [3.8, 4) is 0 Å². The Labute approximate surface area is 129 Å². The first kappa shape index (κ1) is 15.8. The Kier molecular flexibility index (Phi) is 5.60. The smallest absolute Gasteiger partial charge is 0.212 e. The van der Waals surface area contributed by atoms with E-state index < -0.39 is 10.0 Å². The van der Waals surface area contributed by atoms with Crippen molar-refractivity contribution in [3.05, 3.63) is 54.4 Å². The molecular weight excluding hydrogens is 306 g/mol. The third-order valence-corrected chi connectivity index (χ3v) is 5.34. The first-order valence-corrected chi connectivity index (χ1v) is 9.03. The number of benzene rings is 1. The molecular formula is C14H17N3O2S2. The summed E-state index contributed by atoms with van der Waals surface area (Å²) < 4.78 is 26.4. The zero-order chi connectivity index (χ0) is 15.1. The molecule has 0 atom stereocenters. The molecule has 0 saturated carbocycles. The van der Waals surface area contributed by atoms with Gasteiger partial charge in [0.2, 0.25) is 10.0 Å². The van der Waals surface area contributed by atoms with Gasteiger partial charge in [-0.1, -0.05) is 0 Å². The molecule has 0 saturated heterocycles. The standard InChI is InChI=1S/C14H17N3O2S2/c15-13-1-3-14(4-2-13)20-9-10-21(18,19)17-11-12-5-7-16-8-6-12/h1-8,17H,9-11,15H2. The summed E-state index contributed by atoms with van der Waals surface area (Å²) in [5, 5.41) is 0. The largest absolute Gasteiger partial charge is 0.399 e. The van der Waals surface area contributed by atoms with Gasteiger partial charge < -0.3 is 5.73 Å². The maximum atomic E-state index is 11.9. The Balaban J connectivity index is 1.77. The highest BCUT2D eigenvalue weighted by molar-refractivity contribution is 8.00. The fourth-order valence-corrected chi connectivity index (χ4v) is 3.91. The molecule has 112 valence electrons. The molecule has 21 heavy (non-hydrogen) atoms. The maximum Gasteiger partial charge on any atom is 0.212 e. The predicted molar refractivity (Wildman–Crippen MR) is 86.4 cm³/mol. The van der Waals surface area contributed by atoms with Gasteiger partial charge in [-0.05, 0) is 42.0 Å². The van der Waals surface area contributed by atoms with Crippen molar-refractivity contribution in [2.75, 3.05) is 17.2 Å². The van der Waals surface area contributed by atoms with Gasteiger partial charge in [-0.2, -0.15) is 0 Å². The normalized spacial score (nSPS) is 11.4. The van der Waals surface area contributed by atoms with Gasteiger partial charge in [0.25, 0.3) is 0 Å². The minimum absolute atomic E-state index is 0.0765. The van der Waals surface area contributed by atoms with Crippen LogP contribution in [0.5, 0.6) is 0 Å². The number of pyridine rings is 1. The van der Waals surface area contributed by atoms with E-state index >= 15 is 0 Å². The summed E-state index contributed by atoms with van der Waals surface area (Å²) in [6, 6.07) is 10.9. The van der Waals surface area contributed by atoms with Crippen LogP contribution in [0.1, 0.15) is 5.56 Å². The molecule has 0 aliphatic rings. The van der Waals surface area contributed by atoms with Crippen LogP contribution in [0.4, 0.5) is 5.69 Å². The van der Waals surface area contributed by atoms with Gasteiger partial charge in [0.15, 0.2) is 0 Å². The van der Waals surface area contributed by atoms with Crippen LogP contribution < -0.4 is 10.5 Å². The second-order valence-corrected chi connectivity index (χ2v) is 7.51. The van der Waals surface area contributed by atoms with Gasteiger partial charge in [0.1, 0.15) is 0 Å². The summed E-state index contributed by atoms with van der Waals surface area (Å²) in [5.74, 6) is 0.572. The van der Waals surface area contributed by atoms with Crippen molar-refractivity contribution >= 4 is 27.5 Å². The Morgan fingerprint density at radius 2 is 1.76 bits per heavy atom. The van der Waals surface area contributed by atoms with E-state index in [1.165, 1.54) is 11.8 Å². The molecule has 0 aliphatic carbocycles. The molecule has 0 spiro atoms. The molecule has 5 nitrogen and oxygen atoms in total. The van der Waals surface area contributed by atoms with E-state index in [2.05, 4.69) is 9.71 Å². The van der Waals surface area contributed by atoms with E-state index in [0.717, 1.165) is 10.5 Å². The molecule has 1 aromatic carbocycles. The minimum Gasteiger partial charge on any atom is -0.399 e. The van der Waals surface area contributed by atoms with Gasteiger partial charge in [0.05, 0.1) is 5.75 Å². The fraction of sp³-hybridized carbons (Fsp3) is 0.214. The quantitative estimate of drug-likeness (QED) is 0.600. The summed E-state index contributed by atoms with van der Waals surface area (Å²) in [5.41, 5.74) is 7.19. The Morgan fingerprint density at radius 3 is 2.43 bits per heavy atom. The van der Waals surface area contributed by atoms with Gasteiger partial charge in [-0.3, -0.25) is 4.98 Å². The lowest BCUT2D eigenvalue weighted by Gasteiger charge is -2.07. The van der Waals surface area contributed by atoms with Crippen LogP contribution in [-0.4, -0.2) is 24.9 Å². The lowest BCUT2D eigenvalue weighted by Crippen LogP contribution is -2.26. The highest BCUT2D eigenvalue weighted by atomic mass is 32.2. The van der Waals surface area contributed by atoms with Crippen LogP contribution in [0.2, 0.25) is 0 Å². The maximum absolute atomic E-state index is 11.9. The van der Waals surface area contributed by atoms with Gasteiger partial charge >= 0.3 is 0 Å².